The smallest absolute Gasteiger partial charge is 0.193 e. The number of benzene rings is 1. The van der Waals surface area contributed by atoms with Gasteiger partial charge in [-0.3, -0.25) is 9.89 Å². The third kappa shape index (κ3) is 5.16. The molecule has 0 amide bonds. The van der Waals surface area contributed by atoms with Crippen molar-refractivity contribution in [3.8, 4) is 0 Å². The Morgan fingerprint density at radius 1 is 1.29 bits per heavy atom. The Hall–Kier alpha value is -0.930. The number of ether oxygens (including phenoxy) is 1. The molecule has 5 nitrogen and oxygen atoms in total. The number of halogens is 2. The second kappa shape index (κ2) is 9.71. The molecule has 2 heterocycles. The monoisotopic (exact) mass is 502 g/mol. The van der Waals surface area contributed by atoms with Crippen molar-refractivity contribution in [2.24, 2.45) is 10.9 Å². The average Bonchev–Trinajstić information content (AvgIpc) is 3.35. The molecule has 3 aliphatic rings. The van der Waals surface area contributed by atoms with Gasteiger partial charge in [-0.05, 0) is 42.9 Å². The minimum absolute atomic E-state index is 0. The lowest BCUT2D eigenvalue weighted by Crippen LogP contribution is -2.44. The zero-order valence-electron chi connectivity index (χ0n) is 16.7. The molecule has 7 heteroatoms. The third-order valence-electron chi connectivity index (χ3n) is 6.29. The van der Waals surface area contributed by atoms with Crippen LogP contribution in [0.25, 0.3) is 0 Å². The molecule has 4 rings (SSSR count). The average molecular weight is 502 g/mol. The molecule has 1 N–H and O–H groups in total. The van der Waals surface area contributed by atoms with Crippen molar-refractivity contribution in [3.63, 3.8) is 0 Å². The van der Waals surface area contributed by atoms with Crippen LogP contribution in [0.15, 0.2) is 29.3 Å². The van der Waals surface area contributed by atoms with Crippen LogP contribution < -0.4 is 5.32 Å². The van der Waals surface area contributed by atoms with Gasteiger partial charge in [-0.2, -0.15) is 0 Å². The maximum absolute atomic E-state index is 13.6. The quantitative estimate of drug-likeness (QED) is 0.382. The summed E-state index contributed by atoms with van der Waals surface area (Å²) in [4.78, 5) is 9.42. The van der Waals surface area contributed by atoms with E-state index < -0.39 is 0 Å². The van der Waals surface area contributed by atoms with Crippen LogP contribution in [-0.2, 0) is 10.2 Å². The molecule has 2 saturated heterocycles. The van der Waals surface area contributed by atoms with Crippen LogP contribution in [0.1, 0.15) is 24.8 Å². The molecule has 0 spiro atoms. The fraction of sp³-hybridized carbons (Fsp3) is 0.667. The first-order valence-electron chi connectivity index (χ1n) is 10.2. The van der Waals surface area contributed by atoms with E-state index in [9.17, 15) is 4.39 Å². The van der Waals surface area contributed by atoms with Crippen molar-refractivity contribution < 1.29 is 9.13 Å². The Balaban J connectivity index is 0.00000225. The summed E-state index contributed by atoms with van der Waals surface area (Å²) in [5.41, 5.74) is 1.18. The van der Waals surface area contributed by atoms with E-state index in [1.807, 2.05) is 13.1 Å². The number of likely N-dealkylation sites (tertiary alicyclic amines) is 1. The Morgan fingerprint density at radius 3 is 2.75 bits per heavy atom. The summed E-state index contributed by atoms with van der Waals surface area (Å²) >= 11 is 0. The molecule has 3 fully saturated rings. The highest BCUT2D eigenvalue weighted by Gasteiger charge is 2.44. The first-order chi connectivity index (χ1) is 13.2. The number of guanidine groups is 1. The van der Waals surface area contributed by atoms with E-state index in [1.165, 1.54) is 12.5 Å². The van der Waals surface area contributed by atoms with E-state index in [4.69, 9.17) is 4.74 Å². The zero-order valence-corrected chi connectivity index (χ0v) is 19.0. The van der Waals surface area contributed by atoms with Crippen LogP contribution in [0.4, 0.5) is 4.39 Å². The minimum Gasteiger partial charge on any atom is -0.379 e. The molecule has 0 bridgehead atoms. The van der Waals surface area contributed by atoms with Gasteiger partial charge >= 0.3 is 0 Å². The Morgan fingerprint density at radius 2 is 2.07 bits per heavy atom. The summed E-state index contributed by atoms with van der Waals surface area (Å²) in [6.07, 6.45) is 3.44. The molecule has 156 valence electrons. The maximum Gasteiger partial charge on any atom is 0.193 e. The fourth-order valence-corrected chi connectivity index (χ4v) is 4.44. The predicted octanol–water partition coefficient (Wildman–Crippen LogP) is 2.70. The largest absolute Gasteiger partial charge is 0.379 e. The summed E-state index contributed by atoms with van der Waals surface area (Å²) in [6, 6.07) is 7.07. The Kier molecular flexibility index (Phi) is 7.55. The van der Waals surface area contributed by atoms with Crippen molar-refractivity contribution in [3.05, 3.63) is 35.6 Å². The van der Waals surface area contributed by atoms with Gasteiger partial charge in [-0.25, -0.2) is 4.39 Å². The normalized spacial score (nSPS) is 24.7. The van der Waals surface area contributed by atoms with Crippen molar-refractivity contribution in [1.82, 2.24) is 15.1 Å². The molecule has 2 aliphatic heterocycles. The van der Waals surface area contributed by atoms with E-state index in [0.29, 0.717) is 5.92 Å². The zero-order chi connectivity index (χ0) is 18.7. The molecule has 0 aromatic heterocycles. The fourth-order valence-electron chi connectivity index (χ4n) is 4.44. The number of nitrogens with zero attached hydrogens (tertiary/aromatic N) is 3. The highest BCUT2D eigenvalue weighted by Crippen LogP contribution is 2.47. The van der Waals surface area contributed by atoms with E-state index in [0.717, 1.165) is 76.8 Å². The number of nitrogens with one attached hydrogen (secondary N) is 1. The van der Waals surface area contributed by atoms with E-state index in [-0.39, 0.29) is 35.2 Å². The maximum atomic E-state index is 13.6. The van der Waals surface area contributed by atoms with Gasteiger partial charge in [-0.1, -0.05) is 12.1 Å². The summed E-state index contributed by atoms with van der Waals surface area (Å²) in [5, 5.41) is 3.58. The number of aliphatic imine (C=N–C) groups is 1. The van der Waals surface area contributed by atoms with Gasteiger partial charge in [-0.15, -0.1) is 24.0 Å². The van der Waals surface area contributed by atoms with E-state index in [2.05, 4.69) is 26.2 Å². The van der Waals surface area contributed by atoms with Gasteiger partial charge in [0.15, 0.2) is 5.96 Å². The van der Waals surface area contributed by atoms with Gasteiger partial charge in [0, 0.05) is 51.7 Å². The summed E-state index contributed by atoms with van der Waals surface area (Å²) in [6.45, 7) is 7.94. The van der Waals surface area contributed by atoms with Crippen LogP contribution in [0.2, 0.25) is 0 Å². The minimum atomic E-state index is -0.145. The molecule has 0 radical (unpaired) electrons. The molecule has 1 aromatic rings. The lowest BCUT2D eigenvalue weighted by Gasteiger charge is -2.29. The molecule has 1 aliphatic carbocycles. The lowest BCUT2D eigenvalue weighted by molar-refractivity contribution is 0.0315. The summed E-state index contributed by atoms with van der Waals surface area (Å²) in [7, 11) is 1.86. The Bertz CT molecular complexity index is 676. The van der Waals surface area contributed by atoms with E-state index in [1.54, 1.807) is 6.07 Å². The van der Waals surface area contributed by atoms with Gasteiger partial charge in [0.25, 0.3) is 0 Å². The first kappa shape index (κ1) is 21.8. The lowest BCUT2D eigenvalue weighted by atomic mass is 9.96. The van der Waals surface area contributed by atoms with E-state index >= 15 is 0 Å². The summed E-state index contributed by atoms with van der Waals surface area (Å²) < 4.78 is 19.1. The molecule has 1 atom stereocenters. The van der Waals surface area contributed by atoms with Crippen LogP contribution >= 0.6 is 24.0 Å². The van der Waals surface area contributed by atoms with Crippen molar-refractivity contribution >= 4 is 29.9 Å². The second-order valence-corrected chi connectivity index (χ2v) is 8.21. The SMILES string of the molecule is CN=C(NCC1(c2cccc(F)c2)CC1)N1CCC(CN2CCOCC2)C1.I. The number of rotatable bonds is 5. The Labute approximate surface area is 184 Å². The molecule has 28 heavy (non-hydrogen) atoms. The number of hydrogen-bond acceptors (Lipinski definition) is 3. The number of hydrogen-bond donors (Lipinski definition) is 1. The van der Waals surface area contributed by atoms with Gasteiger partial charge in [0.1, 0.15) is 5.82 Å². The van der Waals surface area contributed by atoms with Gasteiger partial charge < -0.3 is 15.0 Å². The molecule has 1 aromatic carbocycles. The standard InChI is InChI=1S/C21H31FN4O.HI/c1-23-20(24-16-21(6-7-21)18-3-2-4-19(22)13-18)26-8-5-17(15-26)14-25-9-11-27-12-10-25;/h2-4,13,17H,5-12,14-16H2,1H3,(H,23,24);1H. The first-order valence-corrected chi connectivity index (χ1v) is 10.2. The van der Waals surface area contributed by atoms with Crippen LogP contribution in [0.3, 0.4) is 0 Å². The molecular weight excluding hydrogens is 470 g/mol. The molecule has 1 unspecified atom stereocenters. The number of morpholine rings is 1. The predicted molar refractivity (Wildman–Crippen MR) is 121 cm³/mol. The van der Waals surface area contributed by atoms with Crippen molar-refractivity contribution in [1.29, 1.82) is 0 Å². The molecule has 1 saturated carbocycles. The van der Waals surface area contributed by atoms with Gasteiger partial charge in [0.05, 0.1) is 13.2 Å². The summed E-state index contributed by atoms with van der Waals surface area (Å²) in [5.74, 6) is 1.54. The van der Waals surface area contributed by atoms with Crippen LogP contribution in [0.5, 0.6) is 0 Å². The van der Waals surface area contributed by atoms with Crippen LogP contribution in [0, 0.1) is 11.7 Å². The highest BCUT2D eigenvalue weighted by molar-refractivity contribution is 14.0. The van der Waals surface area contributed by atoms with Crippen molar-refractivity contribution in [2.75, 3.05) is 59.5 Å². The second-order valence-electron chi connectivity index (χ2n) is 8.21. The van der Waals surface area contributed by atoms with Crippen molar-refractivity contribution in [2.45, 2.75) is 24.7 Å². The highest BCUT2D eigenvalue weighted by atomic mass is 127. The van der Waals surface area contributed by atoms with Crippen LogP contribution in [-0.4, -0.2) is 75.3 Å². The van der Waals surface area contributed by atoms with Gasteiger partial charge in [0.2, 0.25) is 0 Å². The third-order valence-corrected chi connectivity index (χ3v) is 6.29. The topological polar surface area (TPSA) is 40.1 Å². The molecular formula is C21H32FIN4O.